The fourth-order valence-corrected chi connectivity index (χ4v) is 2.29. The van der Waals surface area contributed by atoms with E-state index in [0.717, 1.165) is 4.90 Å². The molecule has 0 saturated carbocycles. The van der Waals surface area contributed by atoms with Gasteiger partial charge in [-0.2, -0.15) is 0 Å². The topological polar surface area (TPSA) is 107 Å². The average molecular weight is 281 g/mol. The quantitative estimate of drug-likeness (QED) is 0.723. The van der Waals surface area contributed by atoms with E-state index >= 15 is 0 Å². The van der Waals surface area contributed by atoms with Crippen molar-refractivity contribution in [2.24, 2.45) is 0 Å². The highest BCUT2D eigenvalue weighted by molar-refractivity contribution is 5.99. The smallest absolute Gasteiger partial charge is 0.326 e. The first-order valence-electron chi connectivity index (χ1n) is 6.03. The maximum atomic E-state index is 12.3. The number of benzene rings is 1. The van der Waals surface area contributed by atoms with Gasteiger partial charge in [-0.3, -0.25) is 4.79 Å². The summed E-state index contributed by atoms with van der Waals surface area (Å²) >= 11 is 0. The molecule has 0 spiro atoms. The molecule has 1 aromatic rings. The van der Waals surface area contributed by atoms with Crippen LogP contribution in [0.5, 0.6) is 11.5 Å². The summed E-state index contributed by atoms with van der Waals surface area (Å²) in [4.78, 5) is 24.5. The Kier molecular flexibility index (Phi) is 3.80. The number of phenols is 1. The van der Waals surface area contributed by atoms with Gasteiger partial charge >= 0.3 is 5.97 Å². The second-order valence-corrected chi connectivity index (χ2v) is 4.56. The van der Waals surface area contributed by atoms with Gasteiger partial charge in [-0.15, -0.1) is 0 Å². The zero-order valence-corrected chi connectivity index (χ0v) is 10.8. The number of carbonyl (C=O) groups excluding carboxylic acids is 1. The highest BCUT2D eigenvalue weighted by Crippen LogP contribution is 2.32. The first kappa shape index (κ1) is 14.1. The molecule has 1 fully saturated rings. The van der Waals surface area contributed by atoms with Crippen LogP contribution in [-0.4, -0.2) is 57.9 Å². The van der Waals surface area contributed by atoms with Crippen molar-refractivity contribution in [2.75, 3.05) is 13.7 Å². The van der Waals surface area contributed by atoms with Crippen molar-refractivity contribution in [3.63, 3.8) is 0 Å². The van der Waals surface area contributed by atoms with Gasteiger partial charge in [-0.05, 0) is 12.1 Å². The number of methoxy groups -OCH3 is 1. The molecule has 3 N–H and O–H groups in total. The zero-order chi connectivity index (χ0) is 14.9. The van der Waals surface area contributed by atoms with Gasteiger partial charge < -0.3 is 25.0 Å². The van der Waals surface area contributed by atoms with Crippen LogP contribution in [0.4, 0.5) is 0 Å². The number of hydrogen-bond donors (Lipinski definition) is 3. The fraction of sp³-hybridized carbons (Fsp3) is 0.385. The Labute approximate surface area is 115 Å². The highest BCUT2D eigenvalue weighted by Gasteiger charge is 2.40. The van der Waals surface area contributed by atoms with Crippen LogP contribution in [-0.2, 0) is 4.79 Å². The molecule has 1 saturated heterocycles. The lowest BCUT2D eigenvalue weighted by Crippen LogP contribution is -2.40. The number of aliphatic hydroxyl groups excluding tert-OH is 1. The lowest BCUT2D eigenvalue weighted by molar-refractivity contribution is -0.141. The van der Waals surface area contributed by atoms with E-state index in [9.17, 15) is 19.8 Å². The molecule has 0 unspecified atom stereocenters. The summed E-state index contributed by atoms with van der Waals surface area (Å²) < 4.78 is 4.91. The normalized spacial score (nSPS) is 21.8. The Balaban J connectivity index is 2.34. The van der Waals surface area contributed by atoms with Crippen LogP contribution < -0.4 is 4.74 Å². The van der Waals surface area contributed by atoms with E-state index in [1.165, 1.54) is 25.3 Å². The molecule has 1 aromatic carbocycles. The molecule has 1 heterocycles. The van der Waals surface area contributed by atoms with Crippen LogP contribution in [0.3, 0.4) is 0 Å². The molecule has 0 aromatic heterocycles. The van der Waals surface area contributed by atoms with E-state index in [0.29, 0.717) is 0 Å². The molecule has 7 nitrogen and oxygen atoms in total. The largest absolute Gasteiger partial charge is 0.504 e. The van der Waals surface area contributed by atoms with Crippen molar-refractivity contribution in [1.82, 2.24) is 4.90 Å². The molecule has 1 amide bonds. The molecule has 0 bridgehead atoms. The number of aliphatic hydroxyl groups is 1. The fourth-order valence-electron chi connectivity index (χ4n) is 2.29. The number of carboxylic acids is 1. The predicted molar refractivity (Wildman–Crippen MR) is 67.7 cm³/mol. The van der Waals surface area contributed by atoms with E-state index in [1.807, 2.05) is 0 Å². The third kappa shape index (κ3) is 2.39. The van der Waals surface area contributed by atoms with Crippen LogP contribution in [0, 0.1) is 0 Å². The second kappa shape index (κ2) is 5.38. The minimum atomic E-state index is -1.18. The minimum Gasteiger partial charge on any atom is -0.504 e. The number of para-hydroxylation sites is 1. The van der Waals surface area contributed by atoms with E-state index in [4.69, 9.17) is 9.84 Å². The molecule has 2 atom stereocenters. The van der Waals surface area contributed by atoms with Crippen LogP contribution in [0.15, 0.2) is 18.2 Å². The lowest BCUT2D eigenvalue weighted by atomic mass is 10.1. The SMILES string of the molecule is COc1cccc(C(=O)N2C[C@@H](O)C[C@H]2C(=O)O)c1O. The van der Waals surface area contributed by atoms with E-state index < -0.39 is 24.0 Å². The van der Waals surface area contributed by atoms with Crippen molar-refractivity contribution < 1.29 is 29.6 Å². The van der Waals surface area contributed by atoms with Gasteiger partial charge in [-0.1, -0.05) is 6.07 Å². The number of rotatable bonds is 3. The number of ether oxygens (including phenoxy) is 1. The molecule has 2 rings (SSSR count). The van der Waals surface area contributed by atoms with E-state index in [1.54, 1.807) is 0 Å². The molecule has 108 valence electrons. The first-order valence-corrected chi connectivity index (χ1v) is 6.03. The third-order valence-corrected chi connectivity index (χ3v) is 3.27. The number of likely N-dealkylation sites (tertiary alicyclic amines) is 1. The Bertz CT molecular complexity index is 544. The third-order valence-electron chi connectivity index (χ3n) is 3.27. The van der Waals surface area contributed by atoms with Gasteiger partial charge in [0.1, 0.15) is 6.04 Å². The van der Waals surface area contributed by atoms with Crippen LogP contribution in [0.2, 0.25) is 0 Å². The standard InChI is InChI=1S/C13H15NO6/c1-20-10-4-2-3-8(11(10)16)12(17)14-6-7(15)5-9(14)13(18)19/h2-4,7,9,15-16H,5-6H2,1H3,(H,18,19)/t7-,9-/m0/s1. The summed E-state index contributed by atoms with van der Waals surface area (Å²) in [5.41, 5.74) is -0.0512. The summed E-state index contributed by atoms with van der Waals surface area (Å²) in [5, 5.41) is 28.5. The molecule has 0 radical (unpaired) electrons. The average Bonchev–Trinajstić information content (AvgIpc) is 2.80. The number of nitrogens with zero attached hydrogens (tertiary/aromatic N) is 1. The minimum absolute atomic E-state index is 0.0220. The Morgan fingerprint density at radius 1 is 1.40 bits per heavy atom. The number of amides is 1. The lowest BCUT2D eigenvalue weighted by Gasteiger charge is -2.21. The molecule has 1 aliphatic heterocycles. The number of β-amino-alcohol motifs (C(OH)–C–C–N with tert-alkyl or cyclic N) is 1. The molecule has 0 aliphatic carbocycles. The van der Waals surface area contributed by atoms with Gasteiger partial charge in [0, 0.05) is 13.0 Å². The number of hydrogen-bond acceptors (Lipinski definition) is 5. The maximum Gasteiger partial charge on any atom is 0.326 e. The number of carbonyl (C=O) groups is 2. The van der Waals surface area contributed by atoms with Crippen LogP contribution in [0.1, 0.15) is 16.8 Å². The predicted octanol–water partition coefficient (Wildman–Crippen LogP) is 0.0608. The number of carboxylic acid groups (broad SMARTS) is 1. The summed E-state index contributed by atoms with van der Waals surface area (Å²) in [6.07, 6.45) is -0.904. The van der Waals surface area contributed by atoms with Crippen molar-refractivity contribution in [3.8, 4) is 11.5 Å². The summed E-state index contributed by atoms with van der Waals surface area (Å²) in [6, 6.07) is 3.29. The van der Waals surface area contributed by atoms with Gasteiger partial charge in [0.05, 0.1) is 18.8 Å². The van der Waals surface area contributed by atoms with Crippen molar-refractivity contribution >= 4 is 11.9 Å². The zero-order valence-electron chi connectivity index (χ0n) is 10.8. The highest BCUT2D eigenvalue weighted by atomic mass is 16.5. The number of aromatic hydroxyl groups is 1. The van der Waals surface area contributed by atoms with E-state index in [-0.39, 0.29) is 30.0 Å². The maximum absolute atomic E-state index is 12.3. The second-order valence-electron chi connectivity index (χ2n) is 4.56. The van der Waals surface area contributed by atoms with Crippen molar-refractivity contribution in [2.45, 2.75) is 18.6 Å². The molecule has 20 heavy (non-hydrogen) atoms. The number of phenolic OH excluding ortho intramolecular Hbond substituents is 1. The summed E-state index contributed by atoms with van der Waals surface area (Å²) in [6.45, 7) is -0.0769. The van der Waals surface area contributed by atoms with Gasteiger partial charge in [0.2, 0.25) is 0 Å². The first-order chi connectivity index (χ1) is 9.45. The van der Waals surface area contributed by atoms with Crippen molar-refractivity contribution in [3.05, 3.63) is 23.8 Å². The van der Waals surface area contributed by atoms with Crippen molar-refractivity contribution in [1.29, 1.82) is 0 Å². The molecule has 1 aliphatic rings. The van der Waals surface area contributed by atoms with Gasteiger partial charge in [-0.25, -0.2) is 4.79 Å². The Morgan fingerprint density at radius 3 is 2.70 bits per heavy atom. The Morgan fingerprint density at radius 2 is 2.10 bits per heavy atom. The molecular formula is C13H15NO6. The summed E-state index contributed by atoms with van der Waals surface area (Å²) in [7, 11) is 1.35. The van der Waals surface area contributed by atoms with Gasteiger partial charge in [0.25, 0.3) is 5.91 Å². The van der Waals surface area contributed by atoms with E-state index in [2.05, 4.69) is 0 Å². The molecular weight excluding hydrogens is 266 g/mol. The summed E-state index contributed by atoms with van der Waals surface area (Å²) in [5.74, 6) is -2.05. The van der Waals surface area contributed by atoms with Gasteiger partial charge in [0.15, 0.2) is 11.5 Å². The molecule has 7 heteroatoms. The van der Waals surface area contributed by atoms with Crippen LogP contribution >= 0.6 is 0 Å². The number of aliphatic carboxylic acids is 1. The Hall–Kier alpha value is -2.28. The monoisotopic (exact) mass is 281 g/mol. The van der Waals surface area contributed by atoms with Crippen LogP contribution in [0.25, 0.3) is 0 Å².